The van der Waals surface area contributed by atoms with Gasteiger partial charge in [-0.2, -0.15) is 4.98 Å². The van der Waals surface area contributed by atoms with Crippen LogP contribution in [0.2, 0.25) is 0 Å². The number of nitrogens with two attached hydrogens (primary N) is 1. The predicted octanol–water partition coefficient (Wildman–Crippen LogP) is 2.27. The average Bonchev–Trinajstić information content (AvgIpc) is 3.15. The first kappa shape index (κ1) is 13.7. The van der Waals surface area contributed by atoms with Crippen molar-refractivity contribution in [3.05, 3.63) is 46.5 Å². The fourth-order valence-electron chi connectivity index (χ4n) is 1.73. The predicted molar refractivity (Wildman–Crippen MR) is 78.9 cm³/mol. The minimum atomic E-state index is 0.257. The summed E-state index contributed by atoms with van der Waals surface area (Å²) in [7, 11) is 0. The van der Waals surface area contributed by atoms with Crippen molar-refractivity contribution >= 4 is 11.3 Å². The lowest BCUT2D eigenvalue weighted by Crippen LogP contribution is -2.02. The lowest BCUT2D eigenvalue weighted by Gasteiger charge is -2.01. The van der Waals surface area contributed by atoms with Crippen LogP contribution in [0.4, 0.5) is 0 Å². The molecule has 0 aliphatic carbocycles. The van der Waals surface area contributed by atoms with Gasteiger partial charge in [-0.25, -0.2) is 4.98 Å². The summed E-state index contributed by atoms with van der Waals surface area (Å²) < 4.78 is 10.8. The maximum atomic E-state index is 5.57. The summed E-state index contributed by atoms with van der Waals surface area (Å²) in [6.45, 7) is 0.834. The Hall–Kier alpha value is -2.25. The molecule has 7 heteroatoms. The van der Waals surface area contributed by atoms with E-state index in [1.807, 2.05) is 35.7 Å². The Kier molecular flexibility index (Phi) is 4.23. The molecule has 0 saturated heterocycles. The van der Waals surface area contributed by atoms with Gasteiger partial charge in [0.1, 0.15) is 11.4 Å². The monoisotopic (exact) mass is 302 g/mol. The molecular weight excluding hydrogens is 288 g/mol. The Morgan fingerprint density at radius 3 is 2.86 bits per heavy atom. The van der Waals surface area contributed by atoms with Crippen molar-refractivity contribution < 1.29 is 9.26 Å². The van der Waals surface area contributed by atoms with Gasteiger partial charge in [0.25, 0.3) is 5.89 Å². The Labute approximate surface area is 125 Å². The van der Waals surface area contributed by atoms with E-state index in [9.17, 15) is 0 Å². The third kappa shape index (κ3) is 3.45. The van der Waals surface area contributed by atoms with Crippen LogP contribution in [-0.2, 0) is 13.0 Å². The zero-order chi connectivity index (χ0) is 14.5. The van der Waals surface area contributed by atoms with E-state index in [4.69, 9.17) is 15.0 Å². The fourth-order valence-corrected chi connectivity index (χ4v) is 2.52. The molecule has 3 aromatic rings. The zero-order valence-corrected chi connectivity index (χ0v) is 12.0. The minimum Gasteiger partial charge on any atom is -0.485 e. The van der Waals surface area contributed by atoms with Crippen LogP contribution in [0.1, 0.15) is 10.8 Å². The first-order chi connectivity index (χ1) is 10.3. The molecule has 1 aromatic carbocycles. The zero-order valence-electron chi connectivity index (χ0n) is 11.2. The molecule has 0 atom stereocenters. The molecule has 21 heavy (non-hydrogen) atoms. The normalized spacial score (nSPS) is 10.7. The third-order valence-electron chi connectivity index (χ3n) is 2.71. The number of benzene rings is 1. The Morgan fingerprint density at radius 1 is 1.19 bits per heavy atom. The van der Waals surface area contributed by atoms with Crippen molar-refractivity contribution in [1.82, 2.24) is 15.1 Å². The van der Waals surface area contributed by atoms with Gasteiger partial charge in [0.15, 0.2) is 6.61 Å². The molecule has 6 nitrogen and oxygen atoms in total. The molecule has 108 valence electrons. The first-order valence-electron chi connectivity index (χ1n) is 6.50. The smallest absolute Gasteiger partial charge is 0.277 e. The molecule has 0 saturated carbocycles. The summed E-state index contributed by atoms with van der Waals surface area (Å²) in [5, 5.41) is 6.75. The van der Waals surface area contributed by atoms with Crippen molar-refractivity contribution in [2.75, 3.05) is 6.54 Å². The highest BCUT2D eigenvalue weighted by Crippen LogP contribution is 2.20. The minimum absolute atomic E-state index is 0.257. The molecule has 0 aliphatic heterocycles. The van der Waals surface area contributed by atoms with Crippen molar-refractivity contribution in [3.8, 4) is 17.3 Å². The topological polar surface area (TPSA) is 87.1 Å². The van der Waals surface area contributed by atoms with Gasteiger partial charge in [0, 0.05) is 11.8 Å². The van der Waals surface area contributed by atoms with Crippen molar-refractivity contribution in [3.63, 3.8) is 0 Å². The first-order valence-corrected chi connectivity index (χ1v) is 7.38. The van der Waals surface area contributed by atoms with E-state index in [-0.39, 0.29) is 6.61 Å². The quantitative estimate of drug-likeness (QED) is 0.751. The van der Waals surface area contributed by atoms with Gasteiger partial charge in [-0.1, -0.05) is 23.4 Å². The molecule has 2 N–H and O–H groups in total. The summed E-state index contributed by atoms with van der Waals surface area (Å²) in [6, 6.07) is 9.50. The van der Waals surface area contributed by atoms with E-state index in [0.29, 0.717) is 24.0 Å². The van der Waals surface area contributed by atoms with Crippen molar-refractivity contribution in [1.29, 1.82) is 0 Å². The Morgan fingerprint density at radius 2 is 2.05 bits per heavy atom. The van der Waals surface area contributed by atoms with E-state index >= 15 is 0 Å². The summed E-state index contributed by atoms with van der Waals surface area (Å²) in [5.41, 5.74) is 6.19. The molecule has 2 heterocycles. The number of thiazole rings is 1. The molecule has 0 radical (unpaired) electrons. The Balaban J connectivity index is 1.65. The number of aromatic nitrogens is 3. The van der Waals surface area contributed by atoms with Crippen LogP contribution in [-0.4, -0.2) is 21.7 Å². The molecule has 0 aliphatic rings. The van der Waals surface area contributed by atoms with Crippen LogP contribution in [0.3, 0.4) is 0 Å². The summed E-state index contributed by atoms with van der Waals surface area (Å²) in [5.74, 6) is 1.66. The third-order valence-corrected chi connectivity index (χ3v) is 3.62. The molecule has 2 aromatic heterocycles. The highest BCUT2D eigenvalue weighted by Gasteiger charge is 2.12. The van der Waals surface area contributed by atoms with E-state index in [1.165, 1.54) is 11.3 Å². The van der Waals surface area contributed by atoms with E-state index < -0.39 is 0 Å². The van der Waals surface area contributed by atoms with Crippen LogP contribution in [0.25, 0.3) is 11.6 Å². The molecule has 0 amide bonds. The van der Waals surface area contributed by atoms with Gasteiger partial charge in [0.2, 0.25) is 5.82 Å². The second kappa shape index (κ2) is 6.47. The van der Waals surface area contributed by atoms with Gasteiger partial charge >= 0.3 is 0 Å². The number of para-hydroxylation sites is 1. The summed E-state index contributed by atoms with van der Waals surface area (Å²) in [4.78, 5) is 8.68. The molecule has 0 unspecified atom stereocenters. The number of ether oxygens (including phenoxy) is 1. The van der Waals surface area contributed by atoms with Crippen molar-refractivity contribution in [2.24, 2.45) is 5.73 Å². The maximum Gasteiger partial charge on any atom is 0.277 e. The summed E-state index contributed by atoms with van der Waals surface area (Å²) in [6.07, 6.45) is 0.753. The van der Waals surface area contributed by atoms with Crippen molar-refractivity contribution in [2.45, 2.75) is 13.0 Å². The highest BCUT2D eigenvalue weighted by atomic mass is 32.1. The molecular formula is C14H14N4O2S. The number of hydrogen-bond donors (Lipinski definition) is 1. The lowest BCUT2D eigenvalue weighted by molar-refractivity contribution is 0.287. The van der Waals surface area contributed by atoms with Gasteiger partial charge in [0.05, 0.1) is 5.01 Å². The average molecular weight is 302 g/mol. The van der Waals surface area contributed by atoms with Crippen LogP contribution < -0.4 is 10.5 Å². The molecule has 3 rings (SSSR count). The second-order valence-electron chi connectivity index (χ2n) is 4.28. The number of hydrogen-bond acceptors (Lipinski definition) is 7. The highest BCUT2D eigenvalue weighted by molar-refractivity contribution is 7.09. The van der Waals surface area contributed by atoms with Crippen LogP contribution in [0.15, 0.2) is 40.2 Å². The van der Waals surface area contributed by atoms with E-state index in [1.54, 1.807) is 0 Å². The van der Waals surface area contributed by atoms with Crippen LogP contribution >= 0.6 is 11.3 Å². The summed E-state index contributed by atoms with van der Waals surface area (Å²) >= 11 is 1.54. The SMILES string of the molecule is NCCc1nc(-c2nc(COc3ccccc3)no2)cs1. The number of nitrogens with zero attached hydrogens (tertiary/aromatic N) is 3. The standard InChI is InChI=1S/C14H14N4O2S/c15-7-6-13-16-11(9-21-13)14-17-12(18-20-14)8-19-10-4-2-1-3-5-10/h1-5,9H,6-8,15H2. The van der Waals surface area contributed by atoms with Crippen LogP contribution in [0.5, 0.6) is 5.75 Å². The van der Waals surface area contributed by atoms with Gasteiger partial charge in [-0.15, -0.1) is 11.3 Å². The second-order valence-corrected chi connectivity index (χ2v) is 5.23. The molecule has 0 bridgehead atoms. The maximum absolute atomic E-state index is 5.57. The largest absolute Gasteiger partial charge is 0.485 e. The number of rotatable bonds is 6. The lowest BCUT2D eigenvalue weighted by atomic mass is 10.3. The van der Waals surface area contributed by atoms with E-state index in [0.717, 1.165) is 17.2 Å². The van der Waals surface area contributed by atoms with Gasteiger partial charge in [-0.05, 0) is 18.7 Å². The Bertz CT molecular complexity index is 696. The van der Waals surface area contributed by atoms with Gasteiger partial charge < -0.3 is 15.0 Å². The molecule has 0 spiro atoms. The van der Waals surface area contributed by atoms with Crippen LogP contribution in [0, 0.1) is 0 Å². The van der Waals surface area contributed by atoms with E-state index in [2.05, 4.69) is 15.1 Å². The fraction of sp³-hybridized carbons (Fsp3) is 0.214. The van der Waals surface area contributed by atoms with Gasteiger partial charge in [-0.3, -0.25) is 0 Å². The molecule has 0 fully saturated rings.